The van der Waals surface area contributed by atoms with Crippen molar-refractivity contribution in [3.63, 3.8) is 0 Å². The van der Waals surface area contributed by atoms with Crippen molar-refractivity contribution in [2.75, 3.05) is 19.0 Å². The third-order valence-corrected chi connectivity index (χ3v) is 3.43. The molecule has 20 heavy (non-hydrogen) atoms. The molecule has 2 aromatic rings. The molecule has 2 rings (SSSR count). The van der Waals surface area contributed by atoms with Crippen LogP contribution >= 0.6 is 11.6 Å². The van der Waals surface area contributed by atoms with Crippen molar-refractivity contribution in [2.24, 2.45) is 0 Å². The van der Waals surface area contributed by atoms with Crippen LogP contribution in [0.2, 0.25) is 5.02 Å². The van der Waals surface area contributed by atoms with Crippen LogP contribution in [0.15, 0.2) is 42.5 Å². The maximum absolute atomic E-state index is 9.36. The summed E-state index contributed by atoms with van der Waals surface area (Å²) < 4.78 is 0. The van der Waals surface area contributed by atoms with E-state index < -0.39 is 0 Å². The van der Waals surface area contributed by atoms with Crippen molar-refractivity contribution >= 4 is 17.3 Å². The first-order valence-electron chi connectivity index (χ1n) is 6.50. The molecule has 0 bridgehead atoms. The second-order valence-electron chi connectivity index (χ2n) is 4.95. The van der Waals surface area contributed by atoms with Crippen LogP contribution in [0.25, 0.3) is 0 Å². The maximum atomic E-state index is 9.36. The molecular formula is C16H19ClN2O. The Kier molecular flexibility index (Phi) is 4.88. The lowest BCUT2D eigenvalue weighted by molar-refractivity contribution is 0.475. The van der Waals surface area contributed by atoms with Gasteiger partial charge in [-0.15, -0.1) is 0 Å². The molecule has 0 unspecified atom stereocenters. The molecule has 0 atom stereocenters. The summed E-state index contributed by atoms with van der Waals surface area (Å²) in [5.41, 5.74) is 3.48. The van der Waals surface area contributed by atoms with E-state index in [9.17, 15) is 5.11 Å². The van der Waals surface area contributed by atoms with E-state index in [1.54, 1.807) is 12.1 Å². The smallest absolute Gasteiger partial charge is 0.134 e. The third-order valence-electron chi connectivity index (χ3n) is 3.12. The lowest BCUT2D eigenvalue weighted by Gasteiger charge is -2.13. The molecule has 0 aromatic heterocycles. The van der Waals surface area contributed by atoms with Gasteiger partial charge in [-0.3, -0.25) is 0 Å². The van der Waals surface area contributed by atoms with Gasteiger partial charge < -0.3 is 15.3 Å². The fourth-order valence-corrected chi connectivity index (χ4v) is 2.13. The van der Waals surface area contributed by atoms with Crippen LogP contribution in [-0.4, -0.2) is 19.2 Å². The molecule has 0 radical (unpaired) electrons. The van der Waals surface area contributed by atoms with Crippen LogP contribution < -0.4 is 10.2 Å². The van der Waals surface area contributed by atoms with Gasteiger partial charge in [0.25, 0.3) is 0 Å². The largest absolute Gasteiger partial charge is 0.506 e. The Morgan fingerprint density at radius 3 is 2.20 bits per heavy atom. The lowest BCUT2D eigenvalue weighted by atomic mass is 10.2. The van der Waals surface area contributed by atoms with Crippen LogP contribution in [0.4, 0.5) is 5.69 Å². The predicted octanol–water partition coefficient (Wildman–Crippen LogP) is 3.40. The summed E-state index contributed by atoms with van der Waals surface area (Å²) in [5.74, 6) is 0.120. The summed E-state index contributed by atoms with van der Waals surface area (Å²) in [4.78, 5) is 2.08. The molecule has 0 aliphatic rings. The van der Waals surface area contributed by atoms with Crippen molar-refractivity contribution in [1.29, 1.82) is 0 Å². The molecule has 3 nitrogen and oxygen atoms in total. The van der Waals surface area contributed by atoms with Gasteiger partial charge in [0.15, 0.2) is 0 Å². The average Bonchev–Trinajstić information content (AvgIpc) is 2.43. The van der Waals surface area contributed by atoms with Gasteiger partial charge in [0.2, 0.25) is 0 Å². The number of phenols is 1. The highest BCUT2D eigenvalue weighted by Crippen LogP contribution is 2.23. The molecular weight excluding hydrogens is 272 g/mol. The maximum Gasteiger partial charge on any atom is 0.134 e. The zero-order valence-electron chi connectivity index (χ0n) is 11.7. The van der Waals surface area contributed by atoms with E-state index >= 15 is 0 Å². The van der Waals surface area contributed by atoms with Gasteiger partial charge >= 0.3 is 0 Å². The Labute approximate surface area is 124 Å². The van der Waals surface area contributed by atoms with Gasteiger partial charge in [0.1, 0.15) is 5.75 Å². The summed E-state index contributed by atoms with van der Waals surface area (Å²) in [6, 6.07) is 13.7. The number of nitrogens with one attached hydrogen (secondary N) is 1. The monoisotopic (exact) mass is 290 g/mol. The summed E-state index contributed by atoms with van der Waals surface area (Å²) in [7, 11) is 4.06. The van der Waals surface area contributed by atoms with Gasteiger partial charge in [-0.1, -0.05) is 29.8 Å². The first-order chi connectivity index (χ1) is 9.56. The Balaban J connectivity index is 1.87. The molecule has 4 heteroatoms. The molecule has 0 spiro atoms. The molecule has 106 valence electrons. The number of hydrogen-bond donors (Lipinski definition) is 2. The highest BCUT2D eigenvalue weighted by Gasteiger charge is 2.00. The van der Waals surface area contributed by atoms with Gasteiger partial charge in [-0.2, -0.15) is 0 Å². The first-order valence-corrected chi connectivity index (χ1v) is 6.88. The number of nitrogens with zero attached hydrogens (tertiary/aromatic N) is 1. The van der Waals surface area contributed by atoms with Crippen LogP contribution in [0.3, 0.4) is 0 Å². The molecule has 0 amide bonds. The normalized spacial score (nSPS) is 10.6. The molecule has 0 aliphatic heterocycles. The third kappa shape index (κ3) is 3.89. The Morgan fingerprint density at radius 1 is 1.00 bits per heavy atom. The highest BCUT2D eigenvalue weighted by atomic mass is 35.5. The Morgan fingerprint density at radius 2 is 1.60 bits per heavy atom. The number of aromatic hydroxyl groups is 1. The lowest BCUT2D eigenvalue weighted by Crippen LogP contribution is -2.13. The molecule has 0 saturated heterocycles. The quantitative estimate of drug-likeness (QED) is 0.886. The van der Waals surface area contributed by atoms with E-state index in [0.717, 1.165) is 18.7 Å². The van der Waals surface area contributed by atoms with E-state index in [2.05, 4.69) is 34.5 Å². The number of halogens is 1. The van der Waals surface area contributed by atoms with Crippen LogP contribution in [0, 0.1) is 0 Å². The number of rotatable bonds is 5. The fourth-order valence-electron chi connectivity index (χ4n) is 1.92. The fraction of sp³-hybridized carbons (Fsp3) is 0.250. The molecule has 0 saturated carbocycles. The van der Waals surface area contributed by atoms with E-state index in [-0.39, 0.29) is 5.75 Å². The summed E-state index contributed by atoms with van der Waals surface area (Å²) in [5, 5.41) is 13.1. The van der Waals surface area contributed by atoms with Gasteiger partial charge in [0, 0.05) is 32.9 Å². The van der Waals surface area contributed by atoms with Crippen LogP contribution in [-0.2, 0) is 13.1 Å². The molecule has 2 aromatic carbocycles. The van der Waals surface area contributed by atoms with Gasteiger partial charge in [-0.25, -0.2) is 0 Å². The zero-order valence-corrected chi connectivity index (χ0v) is 12.5. The minimum absolute atomic E-state index is 0.120. The molecule has 0 fully saturated rings. The van der Waals surface area contributed by atoms with Crippen molar-refractivity contribution < 1.29 is 5.11 Å². The summed E-state index contributed by atoms with van der Waals surface area (Å²) in [6.45, 7) is 1.52. The van der Waals surface area contributed by atoms with E-state index in [1.165, 1.54) is 11.3 Å². The van der Waals surface area contributed by atoms with Crippen LogP contribution in [0.5, 0.6) is 5.75 Å². The first kappa shape index (κ1) is 14.7. The highest BCUT2D eigenvalue weighted by molar-refractivity contribution is 6.32. The average molecular weight is 291 g/mol. The van der Waals surface area contributed by atoms with Crippen molar-refractivity contribution in [3.05, 3.63) is 58.6 Å². The molecule has 2 N–H and O–H groups in total. The van der Waals surface area contributed by atoms with Gasteiger partial charge in [0.05, 0.1) is 5.02 Å². The topological polar surface area (TPSA) is 35.5 Å². The second-order valence-corrected chi connectivity index (χ2v) is 5.36. The van der Waals surface area contributed by atoms with E-state index in [4.69, 9.17) is 11.6 Å². The van der Waals surface area contributed by atoms with Crippen molar-refractivity contribution in [3.8, 4) is 5.75 Å². The minimum atomic E-state index is 0.120. The SMILES string of the molecule is CN(C)c1ccc(CNCc2ccc(O)c(Cl)c2)cc1. The summed E-state index contributed by atoms with van der Waals surface area (Å²) in [6.07, 6.45) is 0. The van der Waals surface area contributed by atoms with Crippen LogP contribution in [0.1, 0.15) is 11.1 Å². The minimum Gasteiger partial charge on any atom is -0.506 e. The molecule has 0 heterocycles. The predicted molar refractivity (Wildman–Crippen MR) is 84.4 cm³/mol. The Hall–Kier alpha value is -1.71. The van der Waals surface area contributed by atoms with Crippen molar-refractivity contribution in [2.45, 2.75) is 13.1 Å². The van der Waals surface area contributed by atoms with E-state index in [1.807, 2.05) is 20.2 Å². The Bertz CT molecular complexity index is 567. The number of phenolic OH excluding ortho intramolecular Hbond substituents is 1. The van der Waals surface area contributed by atoms with E-state index in [0.29, 0.717) is 5.02 Å². The number of benzene rings is 2. The number of hydrogen-bond acceptors (Lipinski definition) is 3. The standard InChI is InChI=1S/C16H19ClN2O/c1-19(2)14-6-3-12(4-7-14)10-18-11-13-5-8-16(20)15(17)9-13/h3-9,18,20H,10-11H2,1-2H3. The van der Waals surface area contributed by atoms with Crippen molar-refractivity contribution in [1.82, 2.24) is 5.32 Å². The second kappa shape index (κ2) is 6.64. The van der Waals surface area contributed by atoms with Gasteiger partial charge in [-0.05, 0) is 35.4 Å². The number of anilines is 1. The summed E-state index contributed by atoms with van der Waals surface area (Å²) >= 11 is 5.87. The zero-order chi connectivity index (χ0) is 14.5. The molecule has 0 aliphatic carbocycles.